The van der Waals surface area contributed by atoms with Crippen LogP contribution in [-0.4, -0.2) is 29.1 Å². The van der Waals surface area contributed by atoms with E-state index in [1.165, 1.54) is 24.1 Å². The first kappa shape index (κ1) is 17.3. The molecule has 2 heterocycles. The molecular weight excluding hydrogens is 331 g/mol. The normalized spacial score (nSPS) is 20.8. The highest BCUT2D eigenvalue weighted by atomic mass is 19.1. The van der Waals surface area contributed by atoms with Crippen LogP contribution in [0.1, 0.15) is 54.7 Å². The van der Waals surface area contributed by atoms with Crippen LogP contribution in [0.3, 0.4) is 0 Å². The molecule has 1 atom stereocenters. The number of halogens is 1. The predicted octanol–water partition coefficient (Wildman–Crippen LogP) is 3.89. The summed E-state index contributed by atoms with van der Waals surface area (Å²) in [5.41, 5.74) is 3.34. The van der Waals surface area contributed by atoms with Crippen LogP contribution >= 0.6 is 0 Å². The smallest absolute Gasteiger partial charge is 0.226 e. The number of carbonyl (C=O) groups excluding carboxylic acids is 1. The third-order valence-electron chi connectivity index (χ3n) is 5.81. The van der Waals surface area contributed by atoms with Gasteiger partial charge in [0.15, 0.2) is 0 Å². The van der Waals surface area contributed by atoms with E-state index in [9.17, 15) is 9.18 Å². The maximum atomic E-state index is 13.0. The summed E-state index contributed by atoms with van der Waals surface area (Å²) in [6.45, 7) is 3.78. The number of carbonyl (C=O) groups is 1. The van der Waals surface area contributed by atoms with Crippen molar-refractivity contribution >= 4 is 5.91 Å². The third kappa shape index (κ3) is 3.53. The molecule has 2 aromatic rings. The van der Waals surface area contributed by atoms with E-state index in [1.807, 2.05) is 4.90 Å². The molecule has 1 saturated heterocycles. The van der Waals surface area contributed by atoms with E-state index in [-0.39, 0.29) is 11.7 Å². The highest BCUT2D eigenvalue weighted by Crippen LogP contribution is 2.36. The number of hydrogen-bond donors (Lipinski definition) is 0. The SMILES string of the molecule is CC1CCc2noc(C3CCN(C(=O)Cc4ccc(F)cc4)CC3)c2C1. The molecule has 4 rings (SSSR count). The van der Waals surface area contributed by atoms with Gasteiger partial charge in [-0.3, -0.25) is 4.79 Å². The number of amides is 1. The number of aryl methyl sites for hydroxylation is 1. The van der Waals surface area contributed by atoms with Crippen LogP contribution in [0.15, 0.2) is 28.8 Å². The van der Waals surface area contributed by atoms with Gasteiger partial charge in [-0.2, -0.15) is 0 Å². The molecule has 0 bridgehead atoms. The molecule has 1 amide bonds. The molecule has 1 aromatic heterocycles. The Hall–Kier alpha value is -2.17. The van der Waals surface area contributed by atoms with E-state index >= 15 is 0 Å². The maximum absolute atomic E-state index is 13.0. The Morgan fingerprint density at radius 1 is 1.23 bits per heavy atom. The highest BCUT2D eigenvalue weighted by molar-refractivity contribution is 5.78. The van der Waals surface area contributed by atoms with Crippen LogP contribution in [-0.2, 0) is 24.1 Å². The highest BCUT2D eigenvalue weighted by Gasteiger charge is 2.31. The third-order valence-corrected chi connectivity index (χ3v) is 5.81. The molecule has 2 aliphatic rings. The lowest BCUT2D eigenvalue weighted by atomic mass is 9.83. The Bertz CT molecular complexity index is 776. The number of piperidine rings is 1. The van der Waals surface area contributed by atoms with Gasteiger partial charge in [0.2, 0.25) is 5.91 Å². The van der Waals surface area contributed by atoms with Gasteiger partial charge in [-0.25, -0.2) is 4.39 Å². The number of hydrogen-bond acceptors (Lipinski definition) is 3. The number of likely N-dealkylation sites (tertiary alicyclic amines) is 1. The van der Waals surface area contributed by atoms with Gasteiger partial charge in [-0.1, -0.05) is 24.2 Å². The predicted molar refractivity (Wildman–Crippen MR) is 96.4 cm³/mol. The molecule has 26 heavy (non-hydrogen) atoms. The van der Waals surface area contributed by atoms with E-state index in [1.54, 1.807) is 12.1 Å². The quantitative estimate of drug-likeness (QED) is 0.838. The van der Waals surface area contributed by atoms with Crippen molar-refractivity contribution in [3.05, 3.63) is 52.7 Å². The van der Waals surface area contributed by atoms with Gasteiger partial charge in [0.05, 0.1) is 12.1 Å². The Labute approximate surface area is 153 Å². The summed E-state index contributed by atoms with van der Waals surface area (Å²) >= 11 is 0. The van der Waals surface area contributed by atoms with Crippen molar-refractivity contribution in [3.8, 4) is 0 Å². The van der Waals surface area contributed by atoms with Crippen LogP contribution in [0.25, 0.3) is 0 Å². The average molecular weight is 356 g/mol. The van der Waals surface area contributed by atoms with Crippen molar-refractivity contribution in [2.24, 2.45) is 5.92 Å². The molecule has 0 N–H and O–H groups in total. The summed E-state index contributed by atoms with van der Waals surface area (Å²) in [5, 5.41) is 4.30. The summed E-state index contributed by atoms with van der Waals surface area (Å²) in [6.07, 6.45) is 5.46. The van der Waals surface area contributed by atoms with Gasteiger partial charge in [0.1, 0.15) is 11.6 Å². The zero-order valence-electron chi connectivity index (χ0n) is 15.2. The number of fused-ring (bicyclic) bond motifs is 1. The summed E-state index contributed by atoms with van der Waals surface area (Å²) < 4.78 is 18.7. The van der Waals surface area contributed by atoms with Crippen molar-refractivity contribution < 1.29 is 13.7 Å². The minimum Gasteiger partial charge on any atom is -0.361 e. The van der Waals surface area contributed by atoms with Gasteiger partial charge in [0, 0.05) is 24.6 Å². The minimum atomic E-state index is -0.272. The van der Waals surface area contributed by atoms with E-state index < -0.39 is 0 Å². The first-order valence-corrected chi connectivity index (χ1v) is 9.59. The fraction of sp³-hybridized carbons (Fsp3) is 0.524. The number of benzene rings is 1. The molecule has 1 aromatic carbocycles. The van der Waals surface area contributed by atoms with Crippen molar-refractivity contribution in [1.29, 1.82) is 0 Å². The molecule has 0 radical (unpaired) electrons. The maximum Gasteiger partial charge on any atom is 0.226 e. The molecule has 138 valence electrons. The number of aromatic nitrogens is 1. The van der Waals surface area contributed by atoms with Crippen LogP contribution in [0.5, 0.6) is 0 Å². The van der Waals surface area contributed by atoms with Gasteiger partial charge in [0.25, 0.3) is 0 Å². The molecule has 1 unspecified atom stereocenters. The van der Waals surface area contributed by atoms with Gasteiger partial charge in [-0.15, -0.1) is 0 Å². The fourth-order valence-electron chi connectivity index (χ4n) is 4.21. The Morgan fingerprint density at radius 2 is 1.96 bits per heavy atom. The number of rotatable bonds is 3. The Balaban J connectivity index is 1.36. The second-order valence-corrected chi connectivity index (χ2v) is 7.78. The lowest BCUT2D eigenvalue weighted by Crippen LogP contribution is -2.38. The first-order chi connectivity index (χ1) is 12.6. The molecule has 1 aliphatic carbocycles. The molecule has 4 nitrogen and oxygen atoms in total. The molecule has 1 fully saturated rings. The van der Waals surface area contributed by atoms with Crippen LogP contribution in [0, 0.1) is 11.7 Å². The standard InChI is InChI=1S/C21H25FN2O2/c1-14-2-7-19-18(12-14)21(26-23-19)16-8-10-24(11-9-16)20(25)13-15-3-5-17(22)6-4-15/h3-6,14,16H,2,7-13H2,1H3. The number of nitrogens with zero attached hydrogens (tertiary/aromatic N) is 2. The summed E-state index contributed by atoms with van der Waals surface area (Å²) in [5.74, 6) is 1.97. The van der Waals surface area contributed by atoms with E-state index in [0.29, 0.717) is 18.3 Å². The van der Waals surface area contributed by atoms with Crippen molar-refractivity contribution in [3.63, 3.8) is 0 Å². The molecule has 1 aliphatic heterocycles. The monoisotopic (exact) mass is 356 g/mol. The van der Waals surface area contributed by atoms with Gasteiger partial charge in [-0.05, 0) is 55.7 Å². The summed E-state index contributed by atoms with van der Waals surface area (Å²) in [7, 11) is 0. The van der Waals surface area contributed by atoms with Crippen LogP contribution in [0.2, 0.25) is 0 Å². The second kappa shape index (κ2) is 7.22. The van der Waals surface area contributed by atoms with E-state index in [4.69, 9.17) is 4.52 Å². The second-order valence-electron chi connectivity index (χ2n) is 7.78. The first-order valence-electron chi connectivity index (χ1n) is 9.59. The Kier molecular flexibility index (Phi) is 4.79. The van der Waals surface area contributed by atoms with E-state index in [0.717, 1.165) is 55.8 Å². The zero-order chi connectivity index (χ0) is 18.1. The van der Waals surface area contributed by atoms with Crippen LogP contribution in [0.4, 0.5) is 4.39 Å². The van der Waals surface area contributed by atoms with Gasteiger partial charge < -0.3 is 9.42 Å². The lowest BCUT2D eigenvalue weighted by molar-refractivity contribution is -0.131. The van der Waals surface area contributed by atoms with Crippen molar-refractivity contribution in [2.75, 3.05) is 13.1 Å². The molecule has 0 spiro atoms. The molecule has 5 heteroatoms. The fourth-order valence-corrected chi connectivity index (χ4v) is 4.21. The molecular formula is C21H25FN2O2. The van der Waals surface area contributed by atoms with Crippen LogP contribution < -0.4 is 0 Å². The van der Waals surface area contributed by atoms with Crippen molar-refractivity contribution in [2.45, 2.75) is 51.4 Å². The summed E-state index contributed by atoms with van der Waals surface area (Å²) in [6, 6.07) is 6.18. The minimum absolute atomic E-state index is 0.114. The largest absolute Gasteiger partial charge is 0.361 e. The summed E-state index contributed by atoms with van der Waals surface area (Å²) in [4.78, 5) is 14.4. The van der Waals surface area contributed by atoms with Crippen molar-refractivity contribution in [1.82, 2.24) is 10.1 Å². The average Bonchev–Trinajstić information content (AvgIpc) is 3.06. The molecule has 0 saturated carbocycles. The van der Waals surface area contributed by atoms with Gasteiger partial charge >= 0.3 is 0 Å². The zero-order valence-corrected chi connectivity index (χ0v) is 15.2. The lowest BCUT2D eigenvalue weighted by Gasteiger charge is -2.31. The Morgan fingerprint density at radius 3 is 2.69 bits per heavy atom. The topological polar surface area (TPSA) is 46.3 Å². The van der Waals surface area contributed by atoms with E-state index in [2.05, 4.69) is 12.1 Å².